The highest BCUT2D eigenvalue weighted by atomic mass is 16.1. The molecule has 0 atom stereocenters. The second kappa shape index (κ2) is 5.32. The average molecular weight is 232 g/mol. The normalized spacial score (nSPS) is 14.5. The van der Waals surface area contributed by atoms with Crippen molar-refractivity contribution in [3.63, 3.8) is 0 Å². The first-order valence-corrected chi connectivity index (χ1v) is 6.26. The van der Waals surface area contributed by atoms with E-state index < -0.39 is 0 Å². The molecule has 0 bridgehead atoms. The summed E-state index contributed by atoms with van der Waals surface area (Å²) in [4.78, 5) is 11.7. The Labute approximate surface area is 103 Å². The molecule has 0 saturated heterocycles. The van der Waals surface area contributed by atoms with Crippen LogP contribution in [0.2, 0.25) is 0 Å². The second-order valence-corrected chi connectivity index (χ2v) is 4.93. The molecule has 1 heterocycles. The van der Waals surface area contributed by atoms with Gasteiger partial charge in [0.05, 0.1) is 6.42 Å². The molecule has 1 aromatic rings. The SMILES string of the molecule is CC(C)NC(=O)Cc1ccc2c(c1)CCNC2. The van der Waals surface area contributed by atoms with Gasteiger partial charge in [-0.05, 0) is 43.5 Å². The maximum absolute atomic E-state index is 11.7. The van der Waals surface area contributed by atoms with E-state index in [9.17, 15) is 4.79 Å². The van der Waals surface area contributed by atoms with Gasteiger partial charge in [0.2, 0.25) is 5.91 Å². The van der Waals surface area contributed by atoms with Gasteiger partial charge in [0.15, 0.2) is 0 Å². The molecule has 1 amide bonds. The molecule has 3 heteroatoms. The van der Waals surface area contributed by atoms with Crippen LogP contribution in [0.4, 0.5) is 0 Å². The number of nitrogens with one attached hydrogen (secondary N) is 2. The zero-order valence-electron chi connectivity index (χ0n) is 10.5. The summed E-state index contributed by atoms with van der Waals surface area (Å²) in [5.41, 5.74) is 3.87. The van der Waals surface area contributed by atoms with E-state index in [1.54, 1.807) is 0 Å². The largest absolute Gasteiger partial charge is 0.354 e. The Hall–Kier alpha value is -1.35. The summed E-state index contributed by atoms with van der Waals surface area (Å²) in [7, 11) is 0. The molecule has 0 unspecified atom stereocenters. The van der Waals surface area contributed by atoms with Gasteiger partial charge in [-0.1, -0.05) is 18.2 Å². The molecule has 17 heavy (non-hydrogen) atoms. The number of rotatable bonds is 3. The number of amides is 1. The summed E-state index contributed by atoms with van der Waals surface area (Å²) in [5, 5.41) is 6.27. The third-order valence-electron chi connectivity index (χ3n) is 2.97. The Kier molecular flexibility index (Phi) is 3.79. The minimum Gasteiger partial charge on any atom is -0.354 e. The van der Waals surface area contributed by atoms with E-state index >= 15 is 0 Å². The van der Waals surface area contributed by atoms with Crippen LogP contribution < -0.4 is 10.6 Å². The van der Waals surface area contributed by atoms with E-state index in [2.05, 4.69) is 28.8 Å². The van der Waals surface area contributed by atoms with Crippen LogP contribution in [0.15, 0.2) is 18.2 Å². The average Bonchev–Trinajstić information content (AvgIpc) is 2.27. The van der Waals surface area contributed by atoms with E-state index in [-0.39, 0.29) is 11.9 Å². The van der Waals surface area contributed by atoms with E-state index in [0.29, 0.717) is 6.42 Å². The van der Waals surface area contributed by atoms with Gasteiger partial charge in [-0.2, -0.15) is 0 Å². The predicted molar refractivity (Wildman–Crippen MR) is 68.8 cm³/mol. The van der Waals surface area contributed by atoms with Crippen molar-refractivity contribution in [2.24, 2.45) is 0 Å². The zero-order chi connectivity index (χ0) is 12.3. The number of hydrogen-bond donors (Lipinski definition) is 2. The number of fused-ring (bicyclic) bond motifs is 1. The molecule has 0 saturated carbocycles. The van der Waals surface area contributed by atoms with Gasteiger partial charge in [-0.15, -0.1) is 0 Å². The Morgan fingerprint density at radius 2 is 2.24 bits per heavy atom. The molecule has 3 nitrogen and oxygen atoms in total. The van der Waals surface area contributed by atoms with Gasteiger partial charge < -0.3 is 10.6 Å². The molecule has 0 spiro atoms. The second-order valence-electron chi connectivity index (χ2n) is 4.93. The quantitative estimate of drug-likeness (QED) is 0.827. The first-order chi connectivity index (χ1) is 8.15. The third kappa shape index (κ3) is 3.30. The molecule has 0 aliphatic carbocycles. The van der Waals surface area contributed by atoms with Crippen molar-refractivity contribution in [1.82, 2.24) is 10.6 Å². The van der Waals surface area contributed by atoms with Crippen LogP contribution in [0.5, 0.6) is 0 Å². The van der Waals surface area contributed by atoms with Crippen LogP contribution in [-0.2, 0) is 24.2 Å². The highest BCUT2D eigenvalue weighted by Crippen LogP contribution is 2.16. The topological polar surface area (TPSA) is 41.1 Å². The summed E-state index contributed by atoms with van der Waals surface area (Å²) in [6.45, 7) is 5.95. The smallest absolute Gasteiger partial charge is 0.224 e. The van der Waals surface area contributed by atoms with Gasteiger partial charge in [0.1, 0.15) is 0 Å². The highest BCUT2D eigenvalue weighted by Gasteiger charge is 2.10. The van der Waals surface area contributed by atoms with Crippen LogP contribution in [0.1, 0.15) is 30.5 Å². The standard InChI is InChI=1S/C14H20N2O/c1-10(2)16-14(17)8-11-3-4-13-9-15-6-5-12(13)7-11/h3-4,7,10,15H,5-6,8-9H2,1-2H3,(H,16,17). The summed E-state index contributed by atoms with van der Waals surface area (Å²) < 4.78 is 0. The maximum Gasteiger partial charge on any atom is 0.224 e. The van der Waals surface area contributed by atoms with Crippen molar-refractivity contribution >= 4 is 5.91 Å². The van der Waals surface area contributed by atoms with E-state index in [4.69, 9.17) is 0 Å². The summed E-state index contributed by atoms with van der Waals surface area (Å²) in [6.07, 6.45) is 1.55. The first kappa shape index (κ1) is 12.1. The fourth-order valence-corrected chi connectivity index (χ4v) is 2.20. The molecule has 0 aromatic heterocycles. The van der Waals surface area contributed by atoms with Crippen molar-refractivity contribution in [1.29, 1.82) is 0 Å². The van der Waals surface area contributed by atoms with E-state index in [0.717, 1.165) is 25.1 Å². The molecule has 1 aliphatic rings. The zero-order valence-corrected chi connectivity index (χ0v) is 10.5. The van der Waals surface area contributed by atoms with Crippen molar-refractivity contribution in [3.05, 3.63) is 34.9 Å². The predicted octanol–water partition coefficient (Wildman–Crippen LogP) is 1.40. The molecule has 1 aliphatic heterocycles. The van der Waals surface area contributed by atoms with Crippen molar-refractivity contribution in [3.8, 4) is 0 Å². The van der Waals surface area contributed by atoms with Crippen LogP contribution in [-0.4, -0.2) is 18.5 Å². The minimum absolute atomic E-state index is 0.105. The van der Waals surface area contributed by atoms with Crippen molar-refractivity contribution < 1.29 is 4.79 Å². The molecule has 0 radical (unpaired) electrons. The van der Waals surface area contributed by atoms with Gasteiger partial charge in [-0.3, -0.25) is 4.79 Å². The Morgan fingerprint density at radius 1 is 1.41 bits per heavy atom. The number of carbonyl (C=O) groups is 1. The van der Waals surface area contributed by atoms with Crippen LogP contribution >= 0.6 is 0 Å². The summed E-state index contributed by atoms with van der Waals surface area (Å²) >= 11 is 0. The molecular formula is C14H20N2O. The monoisotopic (exact) mass is 232 g/mol. The molecule has 2 N–H and O–H groups in total. The van der Waals surface area contributed by atoms with Crippen molar-refractivity contribution in [2.75, 3.05) is 6.54 Å². The van der Waals surface area contributed by atoms with Gasteiger partial charge in [0, 0.05) is 12.6 Å². The molecular weight excluding hydrogens is 212 g/mol. The van der Waals surface area contributed by atoms with Crippen LogP contribution in [0.25, 0.3) is 0 Å². The first-order valence-electron chi connectivity index (χ1n) is 6.26. The maximum atomic E-state index is 11.7. The lowest BCUT2D eigenvalue weighted by atomic mass is 9.97. The Bertz CT molecular complexity index is 413. The fraction of sp³-hybridized carbons (Fsp3) is 0.500. The molecule has 92 valence electrons. The highest BCUT2D eigenvalue weighted by molar-refractivity contribution is 5.78. The lowest BCUT2D eigenvalue weighted by molar-refractivity contribution is -0.120. The van der Waals surface area contributed by atoms with Gasteiger partial charge >= 0.3 is 0 Å². The minimum atomic E-state index is 0.105. The lowest BCUT2D eigenvalue weighted by Gasteiger charge is -2.18. The van der Waals surface area contributed by atoms with E-state index in [1.165, 1.54) is 11.1 Å². The summed E-state index contributed by atoms with van der Waals surface area (Å²) in [6, 6.07) is 6.59. The number of carbonyl (C=O) groups excluding carboxylic acids is 1. The number of benzene rings is 1. The van der Waals surface area contributed by atoms with Gasteiger partial charge in [-0.25, -0.2) is 0 Å². The van der Waals surface area contributed by atoms with Crippen molar-refractivity contribution in [2.45, 2.75) is 39.3 Å². The van der Waals surface area contributed by atoms with Gasteiger partial charge in [0.25, 0.3) is 0 Å². The molecule has 2 rings (SSSR count). The molecule has 0 fully saturated rings. The number of hydrogen-bond acceptors (Lipinski definition) is 2. The fourth-order valence-electron chi connectivity index (χ4n) is 2.20. The summed E-state index contributed by atoms with van der Waals surface area (Å²) in [5.74, 6) is 0.105. The van der Waals surface area contributed by atoms with Crippen LogP contribution in [0.3, 0.4) is 0 Å². The molecule has 1 aromatic carbocycles. The Morgan fingerprint density at radius 3 is 3.00 bits per heavy atom. The van der Waals surface area contributed by atoms with Crippen LogP contribution in [0, 0.1) is 0 Å². The third-order valence-corrected chi connectivity index (χ3v) is 2.97. The lowest BCUT2D eigenvalue weighted by Crippen LogP contribution is -2.31. The Balaban J connectivity index is 2.04. The van der Waals surface area contributed by atoms with E-state index in [1.807, 2.05) is 13.8 Å².